The number of aromatic nitrogens is 2. The number of fused-ring (bicyclic) bond motifs is 1. The lowest BCUT2D eigenvalue weighted by molar-refractivity contribution is -0.136. The molecule has 0 spiro atoms. The van der Waals surface area contributed by atoms with E-state index in [1.165, 1.54) is 4.57 Å². The van der Waals surface area contributed by atoms with Gasteiger partial charge in [0.1, 0.15) is 12.4 Å². The standard InChI is InChI=1S/C40H58N6O8/c1-3-33-9-4-5-11-35(33)41-37(47)12-7-13-43-14-20-51-26-28-53-22-16-44(17-23-54-29-27-52-21-15-43)30-36-42-39-32(2)8-6-10-34(39)40(49)46(36)31-38(48)45-18-24-50-25-19-45/h4-6,8-11H,3,7,12-31H2,1-2H3,(H,41,47). The van der Waals surface area contributed by atoms with Crippen molar-refractivity contribution in [2.24, 2.45) is 0 Å². The highest BCUT2D eigenvalue weighted by atomic mass is 16.5. The zero-order valence-corrected chi connectivity index (χ0v) is 32.1. The molecule has 2 saturated heterocycles. The van der Waals surface area contributed by atoms with Crippen LogP contribution in [0.5, 0.6) is 0 Å². The minimum atomic E-state index is -0.221. The molecule has 3 aromatic rings. The molecule has 0 aliphatic carbocycles. The zero-order chi connectivity index (χ0) is 38.0. The average molecular weight is 751 g/mol. The number of aryl methyl sites for hydroxylation is 2. The molecule has 14 nitrogen and oxygen atoms in total. The topological polar surface area (TPSA) is 137 Å². The summed E-state index contributed by atoms with van der Waals surface area (Å²) in [5.41, 5.74) is 3.35. The van der Waals surface area contributed by atoms with Gasteiger partial charge in [0.05, 0.1) is 83.5 Å². The third kappa shape index (κ3) is 12.9. The van der Waals surface area contributed by atoms with Crippen LogP contribution in [0.4, 0.5) is 5.69 Å². The molecular weight excluding hydrogens is 692 g/mol. The Kier molecular flexibility index (Phi) is 17.3. The van der Waals surface area contributed by atoms with Gasteiger partial charge < -0.3 is 33.9 Å². The highest BCUT2D eigenvalue weighted by Gasteiger charge is 2.22. The van der Waals surface area contributed by atoms with Crippen molar-refractivity contribution in [2.45, 2.75) is 46.2 Å². The molecule has 1 aromatic heterocycles. The molecule has 2 aromatic carbocycles. The lowest BCUT2D eigenvalue weighted by Crippen LogP contribution is -2.44. The maximum Gasteiger partial charge on any atom is 0.261 e. The maximum absolute atomic E-state index is 13.8. The number of morpholine rings is 1. The predicted molar refractivity (Wildman–Crippen MR) is 207 cm³/mol. The number of benzene rings is 2. The van der Waals surface area contributed by atoms with Gasteiger partial charge >= 0.3 is 0 Å². The summed E-state index contributed by atoms with van der Waals surface area (Å²) >= 11 is 0. The number of hydrogen-bond donors (Lipinski definition) is 1. The molecule has 0 bridgehead atoms. The molecule has 0 saturated carbocycles. The van der Waals surface area contributed by atoms with Crippen molar-refractivity contribution in [1.82, 2.24) is 24.3 Å². The van der Waals surface area contributed by atoms with Crippen LogP contribution in [0.2, 0.25) is 0 Å². The summed E-state index contributed by atoms with van der Waals surface area (Å²) in [7, 11) is 0. The summed E-state index contributed by atoms with van der Waals surface area (Å²) in [5.74, 6) is 0.431. The number of carbonyl (C=O) groups excluding carboxylic acids is 2. The molecule has 54 heavy (non-hydrogen) atoms. The number of amides is 2. The Bertz CT molecular complexity index is 1660. The van der Waals surface area contributed by atoms with Crippen LogP contribution in [0.3, 0.4) is 0 Å². The van der Waals surface area contributed by atoms with E-state index in [4.69, 9.17) is 28.7 Å². The summed E-state index contributed by atoms with van der Waals surface area (Å²) in [6.07, 6.45) is 2.04. The summed E-state index contributed by atoms with van der Waals surface area (Å²) in [5, 5.41) is 3.56. The normalized spacial score (nSPS) is 18.2. The van der Waals surface area contributed by atoms with E-state index in [1.54, 1.807) is 11.0 Å². The van der Waals surface area contributed by atoms with Gasteiger partial charge in [-0.15, -0.1) is 0 Å². The second-order valence-corrected chi connectivity index (χ2v) is 13.6. The largest absolute Gasteiger partial charge is 0.378 e. The SMILES string of the molecule is CCc1ccccc1NC(=O)CCCN1CCOCCOCCN(Cc2nc3c(C)cccc3c(=O)n2CC(=O)N2CCOCC2)CCOCCOCC1. The van der Waals surface area contributed by atoms with Gasteiger partial charge in [-0.1, -0.05) is 37.3 Å². The quantitative estimate of drug-likeness (QED) is 0.328. The first kappa shape index (κ1) is 41.4. The lowest BCUT2D eigenvalue weighted by atomic mass is 10.1. The van der Waals surface area contributed by atoms with Gasteiger partial charge in [0.2, 0.25) is 11.8 Å². The van der Waals surface area contributed by atoms with Crippen LogP contribution < -0.4 is 10.9 Å². The van der Waals surface area contributed by atoms with E-state index in [1.807, 2.05) is 43.3 Å². The number of para-hydroxylation sites is 2. The van der Waals surface area contributed by atoms with Crippen LogP contribution in [0, 0.1) is 6.92 Å². The first-order chi connectivity index (χ1) is 26.4. The number of hydrogen-bond acceptors (Lipinski definition) is 11. The second kappa shape index (κ2) is 22.6. The van der Waals surface area contributed by atoms with E-state index in [2.05, 4.69) is 22.0 Å². The Morgan fingerprint density at radius 3 is 1.98 bits per heavy atom. The summed E-state index contributed by atoms with van der Waals surface area (Å²) in [6.45, 7) is 13.4. The van der Waals surface area contributed by atoms with E-state index in [0.717, 1.165) is 49.3 Å². The van der Waals surface area contributed by atoms with Crippen LogP contribution >= 0.6 is 0 Å². The predicted octanol–water partition coefficient (Wildman–Crippen LogP) is 2.73. The van der Waals surface area contributed by atoms with Crippen molar-refractivity contribution in [3.8, 4) is 0 Å². The summed E-state index contributed by atoms with van der Waals surface area (Å²) < 4.78 is 30.7. The van der Waals surface area contributed by atoms with Crippen LogP contribution in [0.1, 0.15) is 36.7 Å². The highest BCUT2D eigenvalue weighted by molar-refractivity contribution is 5.91. The van der Waals surface area contributed by atoms with E-state index in [9.17, 15) is 14.4 Å². The number of nitrogens with zero attached hydrogens (tertiary/aromatic N) is 5. The molecule has 1 N–H and O–H groups in total. The minimum Gasteiger partial charge on any atom is -0.378 e. The third-order valence-corrected chi connectivity index (χ3v) is 9.79. The summed E-state index contributed by atoms with van der Waals surface area (Å²) in [4.78, 5) is 51.0. The van der Waals surface area contributed by atoms with Crippen LogP contribution in [-0.2, 0) is 52.8 Å². The van der Waals surface area contributed by atoms with Gasteiger partial charge in [0.25, 0.3) is 5.56 Å². The molecule has 2 amide bonds. The Labute approximate surface area is 318 Å². The number of carbonyl (C=O) groups is 2. The van der Waals surface area contributed by atoms with Crippen molar-refractivity contribution >= 4 is 28.4 Å². The lowest BCUT2D eigenvalue weighted by Gasteiger charge is -2.28. The average Bonchev–Trinajstić information content (AvgIpc) is 3.18. The highest BCUT2D eigenvalue weighted by Crippen LogP contribution is 2.17. The van der Waals surface area contributed by atoms with Gasteiger partial charge in [-0.2, -0.15) is 0 Å². The molecule has 0 unspecified atom stereocenters. The van der Waals surface area contributed by atoms with Crippen molar-refractivity contribution in [2.75, 3.05) is 117 Å². The Morgan fingerprint density at radius 1 is 0.741 bits per heavy atom. The maximum atomic E-state index is 13.8. The van der Waals surface area contributed by atoms with Gasteiger partial charge in [-0.3, -0.25) is 28.8 Å². The third-order valence-electron chi connectivity index (χ3n) is 9.79. The fourth-order valence-corrected chi connectivity index (χ4v) is 6.61. The first-order valence-electron chi connectivity index (χ1n) is 19.4. The number of anilines is 1. The zero-order valence-electron chi connectivity index (χ0n) is 32.1. The molecule has 2 aliphatic heterocycles. The first-order valence-corrected chi connectivity index (χ1v) is 19.4. The summed E-state index contributed by atoms with van der Waals surface area (Å²) in [6, 6.07) is 13.5. The van der Waals surface area contributed by atoms with Gasteiger partial charge in [0.15, 0.2) is 0 Å². The molecule has 14 heteroatoms. The number of ether oxygens (including phenoxy) is 5. The minimum absolute atomic E-state index is 0.0227. The Morgan fingerprint density at radius 2 is 1.33 bits per heavy atom. The van der Waals surface area contributed by atoms with Crippen molar-refractivity contribution in [1.29, 1.82) is 0 Å². The molecule has 296 valence electrons. The number of nitrogens with one attached hydrogen (secondary N) is 1. The van der Waals surface area contributed by atoms with E-state index in [-0.39, 0.29) is 23.9 Å². The van der Waals surface area contributed by atoms with Gasteiger partial charge in [0, 0.05) is 51.4 Å². The van der Waals surface area contributed by atoms with E-state index >= 15 is 0 Å². The Balaban J connectivity index is 1.13. The van der Waals surface area contributed by atoms with Crippen molar-refractivity contribution in [3.05, 3.63) is 69.8 Å². The molecule has 0 radical (unpaired) electrons. The van der Waals surface area contributed by atoms with E-state index < -0.39 is 0 Å². The smallest absolute Gasteiger partial charge is 0.261 e. The van der Waals surface area contributed by atoms with E-state index in [0.29, 0.717) is 122 Å². The Hall–Kier alpha value is -3.76. The molecule has 5 rings (SSSR count). The molecule has 2 aliphatic rings. The van der Waals surface area contributed by atoms with Crippen LogP contribution in [-0.4, -0.2) is 148 Å². The monoisotopic (exact) mass is 750 g/mol. The fraction of sp³-hybridized carbons (Fsp3) is 0.600. The van der Waals surface area contributed by atoms with Crippen molar-refractivity contribution < 1.29 is 33.3 Å². The van der Waals surface area contributed by atoms with Crippen LogP contribution in [0.15, 0.2) is 47.3 Å². The molecule has 0 atom stereocenters. The van der Waals surface area contributed by atoms with Gasteiger partial charge in [-0.25, -0.2) is 4.98 Å². The van der Waals surface area contributed by atoms with Gasteiger partial charge in [-0.05, 0) is 49.6 Å². The molecule has 2 fully saturated rings. The van der Waals surface area contributed by atoms with Crippen LogP contribution in [0.25, 0.3) is 10.9 Å². The van der Waals surface area contributed by atoms with Crippen molar-refractivity contribution in [3.63, 3.8) is 0 Å². The molecular formula is C40H58N6O8. The second-order valence-electron chi connectivity index (χ2n) is 13.6. The molecule has 3 heterocycles. The number of rotatable bonds is 10. The fourth-order valence-electron chi connectivity index (χ4n) is 6.61.